The van der Waals surface area contributed by atoms with Crippen LogP contribution in [0.3, 0.4) is 0 Å². The number of phosphoric acid groups is 1. The molecule has 1 aliphatic heterocycles. The fourth-order valence-corrected chi connectivity index (χ4v) is 0.510. The Morgan fingerprint density at radius 2 is 1.64 bits per heavy atom. The molecule has 1 fully saturated rings. The second kappa shape index (κ2) is 5.65. The average molecular weight is 186 g/mol. The van der Waals surface area contributed by atoms with Crippen molar-refractivity contribution in [2.24, 2.45) is 0 Å². The van der Waals surface area contributed by atoms with Gasteiger partial charge < -0.3 is 14.5 Å². The van der Waals surface area contributed by atoms with Crippen LogP contribution < -0.4 is 0 Å². The topological polar surface area (TPSA) is 96.2 Å². The van der Waals surface area contributed by atoms with E-state index in [4.69, 9.17) is 19.8 Å². The third-order valence-electron chi connectivity index (χ3n) is 0.934. The molecule has 0 unspecified atom stereocenters. The number of hydrogen-bond donors (Lipinski definition) is 3. The number of ether oxygens (including phenoxy) is 1. The second-order valence-electron chi connectivity index (χ2n) is 1.89. The quantitative estimate of drug-likeness (QED) is 0.311. The van der Waals surface area contributed by atoms with E-state index < -0.39 is 7.82 Å². The maximum absolute atomic E-state index is 9.22. The summed E-state index contributed by atoms with van der Waals surface area (Å²) in [5.74, 6) is 0. The highest BCUT2D eigenvalue weighted by Gasteiger charge is 2.10. The van der Waals surface area contributed by atoms with Gasteiger partial charge in [-0.25, -0.2) is 9.82 Å². The van der Waals surface area contributed by atoms with Gasteiger partial charge in [-0.1, -0.05) is 0 Å². The second-order valence-corrected chi connectivity index (χ2v) is 3.04. The first-order valence-corrected chi connectivity index (χ1v) is 4.56. The molecule has 68 valence electrons. The lowest BCUT2D eigenvalue weighted by Gasteiger charge is -1.90. The van der Waals surface area contributed by atoms with E-state index in [1.165, 1.54) is 12.8 Å². The molecule has 7 heteroatoms. The van der Waals surface area contributed by atoms with Crippen molar-refractivity contribution in [2.45, 2.75) is 12.8 Å². The van der Waals surface area contributed by atoms with Crippen molar-refractivity contribution in [2.75, 3.05) is 13.2 Å². The lowest BCUT2D eigenvalue weighted by molar-refractivity contribution is -0.158. The van der Waals surface area contributed by atoms with Gasteiger partial charge in [-0.3, -0.25) is 0 Å². The molecule has 0 saturated carbocycles. The molecular weight excluding hydrogens is 175 g/mol. The first-order valence-electron chi connectivity index (χ1n) is 3.03. The minimum atomic E-state index is -4.59. The zero-order valence-corrected chi connectivity index (χ0v) is 6.74. The summed E-state index contributed by atoms with van der Waals surface area (Å²) in [6.45, 7) is 2.00. The van der Waals surface area contributed by atoms with E-state index in [-0.39, 0.29) is 0 Å². The Kier molecular flexibility index (Phi) is 5.67. The average Bonchev–Trinajstić information content (AvgIpc) is 2.41. The summed E-state index contributed by atoms with van der Waals surface area (Å²) in [4.78, 5) is 14.9. The van der Waals surface area contributed by atoms with Crippen molar-refractivity contribution in [1.82, 2.24) is 0 Å². The van der Waals surface area contributed by atoms with E-state index in [0.29, 0.717) is 0 Å². The highest BCUT2D eigenvalue weighted by molar-refractivity contribution is 7.46. The predicted octanol–water partition coefficient (Wildman–Crippen LogP) is 0.365. The molecular formula is C4H11O6P. The highest BCUT2D eigenvalue weighted by Crippen LogP contribution is 2.33. The zero-order chi connectivity index (χ0) is 8.74. The summed E-state index contributed by atoms with van der Waals surface area (Å²) in [7, 11) is -4.59. The van der Waals surface area contributed by atoms with Crippen molar-refractivity contribution in [1.29, 1.82) is 0 Å². The van der Waals surface area contributed by atoms with E-state index in [1.807, 2.05) is 0 Å². The molecule has 0 aromatic heterocycles. The Bertz CT molecular complexity index is 119. The van der Waals surface area contributed by atoms with Crippen molar-refractivity contribution in [3.63, 3.8) is 0 Å². The molecule has 0 radical (unpaired) electrons. The summed E-state index contributed by atoms with van der Waals surface area (Å²) >= 11 is 0. The first-order chi connectivity index (χ1) is 5.06. The van der Waals surface area contributed by atoms with Crippen LogP contribution in [0.2, 0.25) is 0 Å². The summed E-state index contributed by atoms with van der Waals surface area (Å²) in [5, 5.41) is 7.14. The third-order valence-corrected chi connectivity index (χ3v) is 1.15. The van der Waals surface area contributed by atoms with Crippen molar-refractivity contribution < 1.29 is 29.0 Å². The molecule has 0 spiro atoms. The molecule has 0 aromatic rings. The van der Waals surface area contributed by atoms with Crippen LogP contribution in [-0.2, 0) is 14.0 Å². The largest absolute Gasteiger partial charge is 0.496 e. The van der Waals surface area contributed by atoms with Crippen LogP contribution in [0.15, 0.2) is 0 Å². The monoisotopic (exact) mass is 186 g/mol. The Hall–Kier alpha value is 0.0300. The van der Waals surface area contributed by atoms with Gasteiger partial charge in [0, 0.05) is 13.2 Å². The van der Waals surface area contributed by atoms with Crippen LogP contribution in [0.25, 0.3) is 0 Å². The van der Waals surface area contributed by atoms with Crippen LogP contribution in [0, 0.1) is 0 Å². The van der Waals surface area contributed by atoms with Gasteiger partial charge in [0.2, 0.25) is 0 Å². The van der Waals surface area contributed by atoms with Crippen molar-refractivity contribution in [3.05, 3.63) is 0 Å². The van der Waals surface area contributed by atoms with Crippen molar-refractivity contribution >= 4 is 7.82 Å². The van der Waals surface area contributed by atoms with Gasteiger partial charge in [0.25, 0.3) is 0 Å². The van der Waals surface area contributed by atoms with E-state index in [0.717, 1.165) is 13.2 Å². The minimum Gasteiger partial charge on any atom is -0.381 e. The van der Waals surface area contributed by atoms with Crippen LogP contribution in [-0.4, -0.2) is 28.3 Å². The lowest BCUT2D eigenvalue weighted by atomic mass is 10.4. The summed E-state index contributed by atoms with van der Waals surface area (Å²) in [5.41, 5.74) is 0. The molecule has 6 nitrogen and oxygen atoms in total. The van der Waals surface area contributed by atoms with Crippen LogP contribution in [0.1, 0.15) is 12.8 Å². The number of hydrogen-bond acceptors (Lipinski definition) is 4. The molecule has 0 atom stereocenters. The fraction of sp³-hybridized carbons (Fsp3) is 1.00. The molecule has 0 aliphatic carbocycles. The molecule has 11 heavy (non-hydrogen) atoms. The van der Waals surface area contributed by atoms with Crippen LogP contribution in [0.5, 0.6) is 0 Å². The van der Waals surface area contributed by atoms with Gasteiger partial charge in [0.15, 0.2) is 0 Å². The van der Waals surface area contributed by atoms with Gasteiger partial charge >= 0.3 is 7.82 Å². The van der Waals surface area contributed by atoms with E-state index in [2.05, 4.69) is 4.67 Å². The van der Waals surface area contributed by atoms with Crippen LogP contribution >= 0.6 is 7.82 Å². The maximum atomic E-state index is 9.22. The Labute approximate surface area is 63.9 Å². The van der Waals surface area contributed by atoms with Gasteiger partial charge in [-0.15, -0.1) is 4.67 Å². The molecule has 3 N–H and O–H groups in total. The molecule has 0 bridgehead atoms. The van der Waals surface area contributed by atoms with E-state index in [9.17, 15) is 4.57 Å². The maximum Gasteiger partial charge on any atom is 0.496 e. The normalized spacial score (nSPS) is 17.4. The highest BCUT2D eigenvalue weighted by atomic mass is 31.2. The molecule has 1 saturated heterocycles. The van der Waals surface area contributed by atoms with Crippen molar-refractivity contribution in [3.8, 4) is 0 Å². The van der Waals surface area contributed by atoms with Gasteiger partial charge in [0.05, 0.1) is 0 Å². The summed E-state index contributed by atoms with van der Waals surface area (Å²) < 4.78 is 16.8. The minimum absolute atomic E-state index is 1.00. The Morgan fingerprint density at radius 3 is 1.73 bits per heavy atom. The molecule has 1 rings (SSSR count). The van der Waals surface area contributed by atoms with Gasteiger partial charge in [0.1, 0.15) is 0 Å². The molecule has 1 heterocycles. The van der Waals surface area contributed by atoms with E-state index >= 15 is 0 Å². The summed E-state index contributed by atoms with van der Waals surface area (Å²) in [6, 6.07) is 0. The predicted molar refractivity (Wildman–Crippen MR) is 35.8 cm³/mol. The zero-order valence-electron chi connectivity index (χ0n) is 5.84. The first kappa shape index (κ1) is 11.0. The third kappa shape index (κ3) is 10.0. The smallest absolute Gasteiger partial charge is 0.381 e. The standard InChI is InChI=1S/C4H8O.H3O5P/c1-2-4-5-3-1;1-5-6(2,3)4/h1-4H2;1H,(H2,2,3,4). The lowest BCUT2D eigenvalue weighted by Crippen LogP contribution is -1.77. The Balaban J connectivity index is 0.000000183. The van der Waals surface area contributed by atoms with E-state index in [1.54, 1.807) is 0 Å². The number of rotatable bonds is 1. The fourth-order valence-electron chi connectivity index (χ4n) is 0.510. The Morgan fingerprint density at radius 1 is 1.27 bits per heavy atom. The molecule has 1 aliphatic rings. The SMILES string of the molecule is C1CCOC1.O=P(O)(O)OO. The summed E-state index contributed by atoms with van der Waals surface area (Å²) in [6.07, 6.45) is 2.56. The molecule has 0 amide bonds. The molecule has 0 aromatic carbocycles. The van der Waals surface area contributed by atoms with Gasteiger partial charge in [-0.05, 0) is 12.8 Å². The van der Waals surface area contributed by atoms with Crippen LogP contribution in [0.4, 0.5) is 0 Å². The van der Waals surface area contributed by atoms with Gasteiger partial charge in [-0.2, -0.15) is 0 Å².